The number of aromatic amines is 1. The summed E-state index contributed by atoms with van der Waals surface area (Å²) in [6, 6.07) is 2.25. The maximum absolute atomic E-state index is 13.5. The third kappa shape index (κ3) is 2.68. The summed E-state index contributed by atoms with van der Waals surface area (Å²) >= 11 is 11.2. The number of hydrogen-bond donors (Lipinski definition) is 2. The first-order chi connectivity index (χ1) is 8.83. The van der Waals surface area contributed by atoms with Crippen LogP contribution in [0.25, 0.3) is 0 Å². The molecule has 0 amide bonds. The van der Waals surface area contributed by atoms with Crippen molar-refractivity contribution in [2.75, 3.05) is 4.72 Å². The average Bonchev–Trinajstić information content (AvgIpc) is 2.71. The second-order valence-electron chi connectivity index (χ2n) is 3.71. The summed E-state index contributed by atoms with van der Waals surface area (Å²) in [7, 11) is -4.03. The van der Waals surface area contributed by atoms with Crippen LogP contribution in [0.3, 0.4) is 0 Å². The topological polar surface area (TPSA) is 74.8 Å². The molecule has 0 aliphatic rings. The van der Waals surface area contributed by atoms with Gasteiger partial charge in [0.2, 0.25) is 0 Å². The van der Waals surface area contributed by atoms with E-state index in [9.17, 15) is 12.8 Å². The summed E-state index contributed by atoms with van der Waals surface area (Å²) in [5.41, 5.74) is 0.592. The number of aromatic nitrogens is 2. The van der Waals surface area contributed by atoms with Gasteiger partial charge >= 0.3 is 0 Å². The summed E-state index contributed by atoms with van der Waals surface area (Å²) in [6.45, 7) is 1.66. The number of benzene rings is 1. The van der Waals surface area contributed by atoms with E-state index in [2.05, 4.69) is 14.9 Å². The Balaban J connectivity index is 2.46. The van der Waals surface area contributed by atoms with E-state index in [1.807, 2.05) is 0 Å². The third-order valence-electron chi connectivity index (χ3n) is 2.35. The molecule has 1 aromatic heterocycles. The largest absolute Gasteiger partial charge is 0.264 e. The van der Waals surface area contributed by atoms with E-state index in [-0.39, 0.29) is 10.8 Å². The van der Waals surface area contributed by atoms with Crippen molar-refractivity contribution in [2.24, 2.45) is 0 Å². The van der Waals surface area contributed by atoms with E-state index < -0.39 is 25.8 Å². The van der Waals surface area contributed by atoms with Crippen LogP contribution in [0.15, 0.2) is 23.2 Å². The van der Waals surface area contributed by atoms with Gasteiger partial charge < -0.3 is 0 Å². The van der Waals surface area contributed by atoms with Crippen LogP contribution in [0.2, 0.25) is 10.0 Å². The first-order valence-corrected chi connectivity index (χ1v) is 7.23. The van der Waals surface area contributed by atoms with Gasteiger partial charge in [0.25, 0.3) is 10.0 Å². The molecule has 0 aliphatic carbocycles. The van der Waals surface area contributed by atoms with E-state index >= 15 is 0 Å². The van der Waals surface area contributed by atoms with Crippen molar-refractivity contribution in [1.29, 1.82) is 0 Å². The van der Waals surface area contributed by atoms with Crippen molar-refractivity contribution in [3.63, 3.8) is 0 Å². The fraction of sp³-hybridized carbons (Fsp3) is 0.100. The molecule has 0 saturated heterocycles. The van der Waals surface area contributed by atoms with Gasteiger partial charge in [-0.05, 0) is 19.1 Å². The zero-order valence-electron chi connectivity index (χ0n) is 9.54. The first-order valence-electron chi connectivity index (χ1n) is 4.99. The SMILES string of the molecule is Cc1cn[nH]c1NS(=O)(=O)c1ccc(Cl)c(F)c1Cl. The number of anilines is 1. The molecule has 0 bridgehead atoms. The van der Waals surface area contributed by atoms with Gasteiger partial charge in [-0.15, -0.1) is 0 Å². The zero-order valence-corrected chi connectivity index (χ0v) is 11.9. The van der Waals surface area contributed by atoms with E-state index in [1.165, 1.54) is 6.20 Å². The molecule has 2 rings (SSSR count). The smallest absolute Gasteiger partial charge is 0.263 e. The van der Waals surface area contributed by atoms with Gasteiger partial charge in [-0.2, -0.15) is 5.10 Å². The van der Waals surface area contributed by atoms with Gasteiger partial charge in [-0.25, -0.2) is 12.8 Å². The summed E-state index contributed by atoms with van der Waals surface area (Å²) in [6.07, 6.45) is 1.45. The molecule has 0 fully saturated rings. The number of hydrogen-bond acceptors (Lipinski definition) is 3. The molecule has 2 N–H and O–H groups in total. The standard InChI is InChI=1S/C10H8Cl2FN3O2S/c1-5-4-14-15-10(5)16-19(17,18)7-3-2-6(11)9(13)8(7)12/h2-4H,1H3,(H2,14,15,16). The van der Waals surface area contributed by atoms with E-state index in [0.717, 1.165) is 12.1 Å². The van der Waals surface area contributed by atoms with Crippen LogP contribution in [-0.2, 0) is 10.0 Å². The number of H-pyrrole nitrogens is 1. The highest BCUT2D eigenvalue weighted by molar-refractivity contribution is 7.92. The van der Waals surface area contributed by atoms with Crippen LogP contribution < -0.4 is 4.72 Å². The summed E-state index contributed by atoms with van der Waals surface area (Å²) in [4.78, 5) is -0.398. The van der Waals surface area contributed by atoms with E-state index in [1.54, 1.807) is 6.92 Å². The van der Waals surface area contributed by atoms with Gasteiger partial charge in [0.15, 0.2) is 5.82 Å². The minimum atomic E-state index is -4.03. The molecule has 0 spiro atoms. The molecular formula is C10H8Cl2FN3O2S. The molecule has 0 aliphatic heterocycles. The molecule has 0 saturated carbocycles. The molecule has 5 nitrogen and oxygen atoms in total. The van der Waals surface area contributed by atoms with Crippen molar-refractivity contribution in [3.05, 3.63) is 39.8 Å². The maximum atomic E-state index is 13.5. The Hall–Kier alpha value is -1.31. The fourth-order valence-electron chi connectivity index (χ4n) is 1.35. The molecule has 0 radical (unpaired) electrons. The second kappa shape index (κ2) is 4.99. The zero-order chi connectivity index (χ0) is 14.2. The quantitative estimate of drug-likeness (QED) is 0.853. The minimum absolute atomic E-state index is 0.187. The van der Waals surface area contributed by atoms with Crippen LogP contribution in [0, 0.1) is 12.7 Å². The highest BCUT2D eigenvalue weighted by atomic mass is 35.5. The van der Waals surface area contributed by atoms with Crippen molar-refractivity contribution >= 4 is 39.0 Å². The monoisotopic (exact) mass is 323 g/mol. The molecule has 0 unspecified atom stereocenters. The lowest BCUT2D eigenvalue weighted by molar-refractivity contribution is 0.595. The van der Waals surface area contributed by atoms with Crippen LogP contribution >= 0.6 is 23.2 Å². The number of nitrogens with one attached hydrogen (secondary N) is 2. The number of nitrogens with zero attached hydrogens (tertiary/aromatic N) is 1. The Bertz CT molecular complexity index is 730. The number of rotatable bonds is 3. The van der Waals surface area contributed by atoms with Crippen molar-refractivity contribution < 1.29 is 12.8 Å². The summed E-state index contributed by atoms with van der Waals surface area (Å²) in [5.74, 6) is -0.793. The van der Waals surface area contributed by atoms with Gasteiger partial charge in [-0.3, -0.25) is 9.82 Å². The molecular weight excluding hydrogens is 316 g/mol. The Morgan fingerprint density at radius 2 is 2.05 bits per heavy atom. The van der Waals surface area contributed by atoms with E-state index in [4.69, 9.17) is 23.2 Å². The summed E-state index contributed by atoms with van der Waals surface area (Å²) < 4.78 is 39.9. The molecule has 2 aromatic rings. The second-order valence-corrected chi connectivity index (χ2v) is 6.14. The van der Waals surface area contributed by atoms with Crippen molar-refractivity contribution in [2.45, 2.75) is 11.8 Å². The van der Waals surface area contributed by atoms with Crippen molar-refractivity contribution in [3.8, 4) is 0 Å². The Morgan fingerprint density at radius 1 is 1.37 bits per heavy atom. The van der Waals surface area contributed by atoms with E-state index in [0.29, 0.717) is 5.56 Å². The normalized spacial score (nSPS) is 11.6. The molecule has 1 aromatic carbocycles. The highest BCUT2D eigenvalue weighted by Crippen LogP contribution is 2.30. The predicted molar refractivity (Wildman–Crippen MR) is 70.6 cm³/mol. The lowest BCUT2D eigenvalue weighted by atomic mass is 10.3. The minimum Gasteiger partial charge on any atom is -0.263 e. The number of halogens is 3. The predicted octanol–water partition coefficient (Wildman–Crippen LogP) is 2.96. The maximum Gasteiger partial charge on any atom is 0.264 e. The van der Waals surface area contributed by atoms with Gasteiger partial charge in [0.05, 0.1) is 16.2 Å². The van der Waals surface area contributed by atoms with Gasteiger partial charge in [-0.1, -0.05) is 23.2 Å². The van der Waals surface area contributed by atoms with Crippen LogP contribution in [0.1, 0.15) is 5.56 Å². The summed E-state index contributed by atoms with van der Waals surface area (Å²) in [5, 5.41) is 5.34. The third-order valence-corrected chi connectivity index (χ3v) is 4.52. The lowest BCUT2D eigenvalue weighted by Crippen LogP contribution is -2.15. The fourth-order valence-corrected chi connectivity index (χ4v) is 3.19. The molecule has 102 valence electrons. The van der Waals surface area contributed by atoms with Crippen molar-refractivity contribution in [1.82, 2.24) is 10.2 Å². The lowest BCUT2D eigenvalue weighted by Gasteiger charge is -2.09. The van der Waals surface area contributed by atoms with Crippen LogP contribution in [0.5, 0.6) is 0 Å². The Kier molecular flexibility index (Phi) is 3.71. The molecule has 19 heavy (non-hydrogen) atoms. The van der Waals surface area contributed by atoms with Crippen LogP contribution in [-0.4, -0.2) is 18.6 Å². The number of aryl methyl sites for hydroxylation is 1. The highest BCUT2D eigenvalue weighted by Gasteiger charge is 2.23. The van der Waals surface area contributed by atoms with Gasteiger partial charge in [0.1, 0.15) is 10.7 Å². The van der Waals surface area contributed by atoms with Crippen LogP contribution in [0.4, 0.5) is 10.2 Å². The Morgan fingerprint density at radius 3 is 2.63 bits per heavy atom. The average molecular weight is 324 g/mol. The molecule has 0 atom stereocenters. The molecule has 9 heteroatoms. The first kappa shape index (κ1) is 14.1. The number of sulfonamides is 1. The van der Waals surface area contributed by atoms with Gasteiger partial charge in [0, 0.05) is 5.56 Å². The Labute approximate surface area is 118 Å². The molecule has 1 heterocycles.